The highest BCUT2D eigenvalue weighted by molar-refractivity contribution is 5.56. The Labute approximate surface area is 103 Å². The molecule has 0 aliphatic rings. The fraction of sp³-hybridized carbons (Fsp3) is 0.400. The predicted molar refractivity (Wildman–Crippen MR) is 69.8 cm³/mol. The van der Waals surface area contributed by atoms with Crippen LogP contribution in [0.15, 0.2) is 40.9 Å². The van der Waals surface area contributed by atoms with Gasteiger partial charge in [-0.3, -0.25) is 0 Å². The summed E-state index contributed by atoms with van der Waals surface area (Å²) in [5.74, 6) is 0.871. The quantitative estimate of drug-likeness (QED) is 0.683. The molecule has 1 heterocycles. The van der Waals surface area contributed by atoms with Gasteiger partial charge in [-0.15, -0.1) is 0 Å². The number of aryl methyl sites for hydroxylation is 1. The van der Waals surface area contributed by atoms with Crippen molar-refractivity contribution in [2.24, 2.45) is 0 Å². The number of benzene rings is 1. The average molecular weight is 229 g/mol. The van der Waals surface area contributed by atoms with E-state index >= 15 is 0 Å². The number of hydrogen-bond acceptors (Lipinski definition) is 2. The molecule has 2 rings (SSSR count). The van der Waals surface area contributed by atoms with E-state index in [1.165, 1.54) is 25.7 Å². The van der Waals surface area contributed by atoms with E-state index in [2.05, 4.69) is 18.1 Å². The Morgan fingerprint density at radius 2 is 1.88 bits per heavy atom. The van der Waals surface area contributed by atoms with E-state index < -0.39 is 0 Å². The Morgan fingerprint density at radius 1 is 1.06 bits per heavy atom. The monoisotopic (exact) mass is 229 g/mol. The van der Waals surface area contributed by atoms with E-state index in [1.807, 2.05) is 30.3 Å². The van der Waals surface area contributed by atoms with Crippen LogP contribution in [0.25, 0.3) is 11.3 Å². The van der Waals surface area contributed by atoms with E-state index in [9.17, 15) is 0 Å². The lowest BCUT2D eigenvalue weighted by atomic mass is 10.1. The largest absolute Gasteiger partial charge is 0.356 e. The molecule has 0 aliphatic heterocycles. The maximum Gasteiger partial charge on any atom is 0.167 e. The summed E-state index contributed by atoms with van der Waals surface area (Å²) < 4.78 is 5.36. The van der Waals surface area contributed by atoms with Gasteiger partial charge in [-0.1, -0.05) is 61.7 Å². The number of unbranched alkanes of at least 4 members (excludes halogenated alkanes) is 3. The third-order valence-corrected chi connectivity index (χ3v) is 2.90. The summed E-state index contributed by atoms with van der Waals surface area (Å²) in [5.41, 5.74) is 2.17. The Balaban J connectivity index is 1.92. The van der Waals surface area contributed by atoms with Crippen LogP contribution in [-0.2, 0) is 6.42 Å². The van der Waals surface area contributed by atoms with Crippen LogP contribution in [0.5, 0.6) is 0 Å². The number of hydrogen-bond donors (Lipinski definition) is 0. The Kier molecular flexibility index (Phi) is 4.37. The molecule has 2 aromatic rings. The summed E-state index contributed by atoms with van der Waals surface area (Å²) in [6.45, 7) is 2.23. The van der Waals surface area contributed by atoms with E-state index in [0.717, 1.165) is 23.4 Å². The van der Waals surface area contributed by atoms with Gasteiger partial charge in [-0.05, 0) is 12.8 Å². The summed E-state index contributed by atoms with van der Waals surface area (Å²) in [6.07, 6.45) is 6.09. The number of rotatable bonds is 6. The van der Waals surface area contributed by atoms with E-state index in [-0.39, 0.29) is 0 Å². The molecular weight excluding hydrogens is 210 g/mol. The first-order valence-corrected chi connectivity index (χ1v) is 6.41. The summed E-state index contributed by atoms with van der Waals surface area (Å²) >= 11 is 0. The zero-order valence-electron chi connectivity index (χ0n) is 10.4. The Hall–Kier alpha value is -1.57. The molecule has 0 atom stereocenters. The zero-order valence-corrected chi connectivity index (χ0v) is 10.4. The molecule has 0 saturated carbocycles. The van der Waals surface area contributed by atoms with Gasteiger partial charge in [0.25, 0.3) is 0 Å². The van der Waals surface area contributed by atoms with Gasteiger partial charge in [0, 0.05) is 11.6 Å². The second kappa shape index (κ2) is 6.24. The second-order valence-electron chi connectivity index (χ2n) is 4.36. The molecule has 0 amide bonds. The lowest BCUT2D eigenvalue weighted by Gasteiger charge is -1.94. The van der Waals surface area contributed by atoms with Crippen LogP contribution in [0.4, 0.5) is 0 Å². The first-order valence-electron chi connectivity index (χ1n) is 6.41. The maximum absolute atomic E-state index is 5.36. The molecule has 1 aromatic heterocycles. The van der Waals surface area contributed by atoms with Crippen molar-refractivity contribution in [2.75, 3.05) is 0 Å². The molecular formula is C15H19NO. The average Bonchev–Trinajstić information content (AvgIpc) is 2.85. The Morgan fingerprint density at radius 3 is 2.65 bits per heavy atom. The van der Waals surface area contributed by atoms with Crippen LogP contribution in [-0.4, -0.2) is 5.16 Å². The molecule has 90 valence electrons. The molecule has 0 N–H and O–H groups in total. The van der Waals surface area contributed by atoms with Crippen molar-refractivity contribution < 1.29 is 4.52 Å². The van der Waals surface area contributed by atoms with Gasteiger partial charge >= 0.3 is 0 Å². The van der Waals surface area contributed by atoms with Gasteiger partial charge in [0.05, 0.1) is 5.69 Å². The SMILES string of the molecule is CCCCCCc1cc(-c2ccccc2)on1. The minimum Gasteiger partial charge on any atom is -0.356 e. The summed E-state index contributed by atoms with van der Waals surface area (Å²) in [4.78, 5) is 0. The fourth-order valence-corrected chi connectivity index (χ4v) is 1.90. The van der Waals surface area contributed by atoms with E-state index in [1.54, 1.807) is 0 Å². The van der Waals surface area contributed by atoms with E-state index in [0.29, 0.717) is 0 Å². The van der Waals surface area contributed by atoms with Gasteiger partial charge in [0.1, 0.15) is 0 Å². The third kappa shape index (κ3) is 3.45. The molecule has 2 nitrogen and oxygen atoms in total. The van der Waals surface area contributed by atoms with Crippen molar-refractivity contribution in [1.82, 2.24) is 5.16 Å². The van der Waals surface area contributed by atoms with Gasteiger partial charge < -0.3 is 4.52 Å². The predicted octanol–water partition coefficient (Wildman–Crippen LogP) is 4.46. The van der Waals surface area contributed by atoms with Crippen LogP contribution in [0, 0.1) is 0 Å². The molecule has 0 aliphatic carbocycles. The van der Waals surface area contributed by atoms with Gasteiger partial charge in [-0.25, -0.2) is 0 Å². The molecule has 17 heavy (non-hydrogen) atoms. The minimum absolute atomic E-state index is 0.871. The van der Waals surface area contributed by atoms with Crippen LogP contribution >= 0.6 is 0 Å². The summed E-state index contributed by atoms with van der Waals surface area (Å²) in [6, 6.07) is 12.2. The molecule has 2 heteroatoms. The Bertz CT molecular complexity index is 433. The summed E-state index contributed by atoms with van der Waals surface area (Å²) in [7, 11) is 0. The molecule has 0 spiro atoms. The molecule has 0 fully saturated rings. The highest BCUT2D eigenvalue weighted by Gasteiger charge is 2.05. The lowest BCUT2D eigenvalue weighted by Crippen LogP contribution is -1.84. The van der Waals surface area contributed by atoms with Crippen LogP contribution in [0.2, 0.25) is 0 Å². The number of nitrogens with zero attached hydrogens (tertiary/aromatic N) is 1. The van der Waals surface area contributed by atoms with Gasteiger partial charge in [0.15, 0.2) is 5.76 Å². The van der Waals surface area contributed by atoms with Crippen LogP contribution in [0.3, 0.4) is 0 Å². The molecule has 0 unspecified atom stereocenters. The minimum atomic E-state index is 0.871. The van der Waals surface area contributed by atoms with Crippen molar-refractivity contribution >= 4 is 0 Å². The highest BCUT2D eigenvalue weighted by Crippen LogP contribution is 2.20. The zero-order chi connectivity index (χ0) is 11.9. The normalized spacial score (nSPS) is 10.6. The van der Waals surface area contributed by atoms with Crippen LogP contribution in [0.1, 0.15) is 38.3 Å². The smallest absolute Gasteiger partial charge is 0.167 e. The standard InChI is InChI=1S/C15H19NO/c1-2-3-4-8-11-14-12-15(17-16-14)13-9-6-5-7-10-13/h5-7,9-10,12H,2-4,8,11H2,1H3. The van der Waals surface area contributed by atoms with Gasteiger partial charge in [0.2, 0.25) is 0 Å². The molecule has 0 bridgehead atoms. The van der Waals surface area contributed by atoms with Crippen LogP contribution < -0.4 is 0 Å². The first-order chi connectivity index (χ1) is 8.40. The lowest BCUT2D eigenvalue weighted by molar-refractivity contribution is 0.422. The second-order valence-corrected chi connectivity index (χ2v) is 4.36. The van der Waals surface area contributed by atoms with Crippen molar-refractivity contribution in [3.05, 3.63) is 42.1 Å². The molecule has 0 saturated heterocycles. The van der Waals surface area contributed by atoms with Crippen molar-refractivity contribution in [3.8, 4) is 11.3 Å². The third-order valence-electron chi connectivity index (χ3n) is 2.90. The van der Waals surface area contributed by atoms with Crippen molar-refractivity contribution in [3.63, 3.8) is 0 Å². The molecule has 0 radical (unpaired) electrons. The first kappa shape index (κ1) is 11.9. The van der Waals surface area contributed by atoms with Crippen molar-refractivity contribution in [2.45, 2.75) is 39.0 Å². The van der Waals surface area contributed by atoms with Gasteiger partial charge in [-0.2, -0.15) is 0 Å². The fourth-order valence-electron chi connectivity index (χ4n) is 1.90. The highest BCUT2D eigenvalue weighted by atomic mass is 16.5. The molecule has 1 aromatic carbocycles. The van der Waals surface area contributed by atoms with E-state index in [4.69, 9.17) is 4.52 Å². The maximum atomic E-state index is 5.36. The van der Waals surface area contributed by atoms with Crippen molar-refractivity contribution in [1.29, 1.82) is 0 Å². The number of aromatic nitrogens is 1. The topological polar surface area (TPSA) is 26.0 Å². The summed E-state index contributed by atoms with van der Waals surface area (Å²) in [5, 5.41) is 4.12.